The summed E-state index contributed by atoms with van der Waals surface area (Å²) in [7, 11) is 0. The van der Waals surface area contributed by atoms with Gasteiger partial charge in [-0.05, 0) is 6.92 Å². The SMILES string of the molecule is C=C.C=CC.CC.CC.CC.CC.CC. The summed E-state index contributed by atoms with van der Waals surface area (Å²) in [5.74, 6) is 0. The second kappa shape index (κ2) is 9110. The molecule has 0 saturated carbocycles. The summed E-state index contributed by atoms with van der Waals surface area (Å²) < 4.78 is 0. The van der Waals surface area contributed by atoms with Crippen LogP contribution >= 0.6 is 0 Å². The second-order valence-electron chi connectivity index (χ2n) is 0.408. The molecule has 0 nitrogen and oxygen atoms in total. The molecule has 0 atom stereocenters. The van der Waals surface area contributed by atoms with E-state index in [2.05, 4.69) is 19.7 Å². The van der Waals surface area contributed by atoms with Crippen LogP contribution in [0.25, 0.3) is 0 Å². The molecule has 100 valence electrons. The Hall–Kier alpha value is -0.520. The van der Waals surface area contributed by atoms with Crippen molar-refractivity contribution in [2.45, 2.75) is 76.2 Å². The quantitative estimate of drug-likeness (QED) is 0.381. The Morgan fingerprint density at radius 1 is 0.533 bits per heavy atom. The lowest BCUT2D eigenvalue weighted by molar-refractivity contribution is 1.50. The van der Waals surface area contributed by atoms with Gasteiger partial charge in [0.15, 0.2) is 0 Å². The Morgan fingerprint density at radius 2 is 0.533 bits per heavy atom. The van der Waals surface area contributed by atoms with Gasteiger partial charge in [-0.3, -0.25) is 0 Å². The van der Waals surface area contributed by atoms with Gasteiger partial charge in [0.25, 0.3) is 0 Å². The fraction of sp³-hybridized carbons (Fsp3) is 0.733. The van der Waals surface area contributed by atoms with Gasteiger partial charge < -0.3 is 0 Å². The third-order valence-electron chi connectivity index (χ3n) is 0. The van der Waals surface area contributed by atoms with E-state index in [1.54, 1.807) is 6.08 Å². The Labute approximate surface area is 103 Å². The van der Waals surface area contributed by atoms with Gasteiger partial charge >= 0.3 is 0 Å². The zero-order valence-electron chi connectivity index (χ0n) is 13.7. The molecule has 0 aromatic carbocycles. The van der Waals surface area contributed by atoms with Crippen molar-refractivity contribution in [1.82, 2.24) is 0 Å². The van der Waals surface area contributed by atoms with Crippen molar-refractivity contribution in [3.63, 3.8) is 0 Å². The average molecular weight is 220 g/mol. The fourth-order valence-corrected chi connectivity index (χ4v) is 0. The summed E-state index contributed by atoms with van der Waals surface area (Å²) in [5.41, 5.74) is 0. The molecule has 0 aromatic rings. The molecule has 0 fully saturated rings. The van der Waals surface area contributed by atoms with Crippen molar-refractivity contribution >= 4 is 0 Å². The van der Waals surface area contributed by atoms with Gasteiger partial charge in [0.05, 0.1) is 0 Å². The van der Waals surface area contributed by atoms with Gasteiger partial charge in [-0.1, -0.05) is 75.3 Å². The van der Waals surface area contributed by atoms with Gasteiger partial charge in [-0.25, -0.2) is 0 Å². The molecule has 0 N–H and O–H groups in total. The summed E-state index contributed by atoms with van der Waals surface area (Å²) in [6.07, 6.45) is 1.75. The molecule has 0 aliphatic heterocycles. The monoisotopic (exact) mass is 220 g/mol. The summed E-state index contributed by atoms with van der Waals surface area (Å²) in [5, 5.41) is 0. The van der Waals surface area contributed by atoms with Gasteiger partial charge in [0.2, 0.25) is 0 Å². The summed E-state index contributed by atoms with van der Waals surface area (Å²) in [4.78, 5) is 0. The zero-order valence-corrected chi connectivity index (χ0v) is 13.7. The molecule has 0 bridgehead atoms. The van der Waals surface area contributed by atoms with E-state index in [1.807, 2.05) is 76.2 Å². The molecular formula is C15H40. The molecule has 0 aromatic heterocycles. The molecule has 0 amide bonds. The molecule has 0 spiro atoms. The van der Waals surface area contributed by atoms with E-state index >= 15 is 0 Å². The molecule has 0 aliphatic carbocycles. The van der Waals surface area contributed by atoms with Crippen molar-refractivity contribution in [1.29, 1.82) is 0 Å². The predicted octanol–water partition coefficient (Wildman–Crippen LogP) is 7.13. The highest BCUT2D eigenvalue weighted by Gasteiger charge is 1.15. The average Bonchev–Trinajstić information content (AvgIpc) is 2.44. The van der Waals surface area contributed by atoms with E-state index in [4.69, 9.17) is 0 Å². The van der Waals surface area contributed by atoms with Crippen LogP contribution in [0, 0.1) is 0 Å². The summed E-state index contributed by atoms with van der Waals surface area (Å²) >= 11 is 0. The minimum absolute atomic E-state index is 1.75. The van der Waals surface area contributed by atoms with Gasteiger partial charge in [-0.2, -0.15) is 0 Å². The maximum absolute atomic E-state index is 3.36. The van der Waals surface area contributed by atoms with Gasteiger partial charge in [0, 0.05) is 0 Å². The van der Waals surface area contributed by atoms with Crippen LogP contribution in [0.2, 0.25) is 0 Å². The largest absolute Gasteiger partial charge is 0.106 e. The van der Waals surface area contributed by atoms with Gasteiger partial charge in [-0.15, -0.1) is 19.7 Å². The van der Waals surface area contributed by atoms with Crippen molar-refractivity contribution in [2.24, 2.45) is 0 Å². The Morgan fingerprint density at radius 3 is 0.533 bits per heavy atom. The minimum Gasteiger partial charge on any atom is -0.106 e. The maximum atomic E-state index is 3.36. The van der Waals surface area contributed by atoms with Crippen molar-refractivity contribution in [3.05, 3.63) is 25.8 Å². The molecule has 0 saturated heterocycles. The second-order valence-corrected chi connectivity index (χ2v) is 0.408. The zero-order chi connectivity index (χ0) is 14.7. The number of hydrogen-bond acceptors (Lipinski definition) is 0. The highest BCUT2D eigenvalue weighted by Crippen LogP contribution is 1.38. The predicted molar refractivity (Wildman–Crippen MR) is 83.9 cm³/mol. The molecule has 0 heterocycles. The Bertz CT molecular complexity index is 14.0. The van der Waals surface area contributed by atoms with E-state index in [-0.39, 0.29) is 0 Å². The first-order valence-corrected chi connectivity index (χ1v) is 6.49. The molecule has 0 radical (unpaired) electrons. The Kier molecular flexibility index (Phi) is 28600. The van der Waals surface area contributed by atoms with E-state index in [0.29, 0.717) is 0 Å². The van der Waals surface area contributed by atoms with Gasteiger partial charge in [0.1, 0.15) is 0 Å². The van der Waals surface area contributed by atoms with Crippen LogP contribution in [-0.4, -0.2) is 0 Å². The normalized spacial score (nSPS) is 3.13. The van der Waals surface area contributed by atoms with E-state index in [0.717, 1.165) is 0 Å². The standard InChI is InChI=1S/C3H6.5C2H6.C2H4/c1-3-2;6*1-2/h3H,1H2,2H3;5*1-2H3;1-2H2. The fourth-order valence-electron chi connectivity index (χ4n) is 0. The smallest absolute Gasteiger partial charge is 0.0473 e. The first-order valence-electron chi connectivity index (χ1n) is 6.49. The van der Waals surface area contributed by atoms with Crippen molar-refractivity contribution < 1.29 is 0 Å². The highest BCUT2D eigenvalue weighted by molar-refractivity contribution is 4.51. The number of rotatable bonds is 0. The van der Waals surface area contributed by atoms with E-state index in [9.17, 15) is 0 Å². The summed E-state index contributed by atoms with van der Waals surface area (Å²) in [6.45, 7) is 31.2. The summed E-state index contributed by atoms with van der Waals surface area (Å²) in [6, 6.07) is 0. The molecule has 0 unspecified atom stereocenters. The van der Waals surface area contributed by atoms with Crippen LogP contribution in [-0.2, 0) is 0 Å². The third-order valence-corrected chi connectivity index (χ3v) is 0. The molecular weight excluding hydrogens is 180 g/mol. The number of hydrogen-bond donors (Lipinski definition) is 0. The minimum atomic E-state index is 1.75. The number of allylic oxidation sites excluding steroid dienone is 1. The van der Waals surface area contributed by atoms with Crippen LogP contribution in [0.15, 0.2) is 25.8 Å². The molecule has 0 rings (SSSR count). The van der Waals surface area contributed by atoms with Crippen molar-refractivity contribution in [3.8, 4) is 0 Å². The van der Waals surface area contributed by atoms with Crippen LogP contribution in [0.4, 0.5) is 0 Å². The lowest BCUT2D eigenvalue weighted by atomic mass is 10.8. The topological polar surface area (TPSA) is 0 Å². The van der Waals surface area contributed by atoms with Crippen molar-refractivity contribution in [2.75, 3.05) is 0 Å². The lowest BCUT2D eigenvalue weighted by Crippen LogP contribution is -1.07. The third kappa shape index (κ3) is 6570. The first-order chi connectivity index (χ1) is 7.41. The Balaban J connectivity index is -0.0000000101. The van der Waals surface area contributed by atoms with Crippen LogP contribution in [0.1, 0.15) is 76.2 Å². The lowest BCUT2D eigenvalue weighted by Gasteiger charge is -1.31. The molecule has 15 heavy (non-hydrogen) atoms. The molecule has 0 aliphatic rings. The van der Waals surface area contributed by atoms with E-state index < -0.39 is 0 Å². The van der Waals surface area contributed by atoms with Crippen LogP contribution in [0.3, 0.4) is 0 Å². The van der Waals surface area contributed by atoms with Crippen LogP contribution < -0.4 is 0 Å². The first kappa shape index (κ1) is 47.0. The highest BCUT2D eigenvalue weighted by atomic mass is 13.2. The van der Waals surface area contributed by atoms with Crippen LogP contribution in [0.5, 0.6) is 0 Å². The maximum Gasteiger partial charge on any atom is -0.0473 e. The molecule has 0 heteroatoms. The van der Waals surface area contributed by atoms with E-state index in [1.165, 1.54) is 0 Å².